The van der Waals surface area contributed by atoms with Gasteiger partial charge in [-0.15, -0.1) is 11.3 Å². The highest BCUT2D eigenvalue weighted by molar-refractivity contribution is 7.13. The van der Waals surface area contributed by atoms with Gasteiger partial charge < -0.3 is 5.32 Å². The summed E-state index contributed by atoms with van der Waals surface area (Å²) in [6.45, 7) is 2.14. The fourth-order valence-electron chi connectivity index (χ4n) is 2.56. The van der Waals surface area contributed by atoms with Crippen molar-refractivity contribution in [3.63, 3.8) is 0 Å². The third-order valence-corrected chi connectivity index (χ3v) is 4.76. The highest BCUT2D eigenvalue weighted by atomic mass is 32.1. The first-order chi connectivity index (χ1) is 12.5. The third-order valence-electron chi connectivity index (χ3n) is 3.82. The summed E-state index contributed by atoms with van der Waals surface area (Å²) < 4.78 is 0. The summed E-state index contributed by atoms with van der Waals surface area (Å²) in [6, 6.07) is 14.4. The maximum atomic E-state index is 12.2. The second kappa shape index (κ2) is 7.88. The van der Waals surface area contributed by atoms with Crippen LogP contribution < -0.4 is 5.32 Å². The Morgan fingerprint density at radius 3 is 2.81 bits per heavy atom. The van der Waals surface area contributed by atoms with Crippen LogP contribution in [0.2, 0.25) is 0 Å². The Morgan fingerprint density at radius 2 is 2.04 bits per heavy atom. The van der Waals surface area contributed by atoms with E-state index >= 15 is 0 Å². The molecule has 1 amide bonds. The van der Waals surface area contributed by atoms with Gasteiger partial charge in [0.15, 0.2) is 0 Å². The second-order valence-electron chi connectivity index (χ2n) is 5.85. The molecule has 0 aliphatic heterocycles. The summed E-state index contributed by atoms with van der Waals surface area (Å²) >= 11 is 1.49. The largest absolute Gasteiger partial charge is 0.351 e. The molecule has 0 saturated heterocycles. The molecule has 3 aromatic rings. The zero-order valence-corrected chi connectivity index (χ0v) is 15.0. The average Bonchev–Trinajstić information content (AvgIpc) is 3.08. The highest BCUT2D eigenvalue weighted by Gasteiger charge is 2.14. The molecule has 0 saturated carbocycles. The van der Waals surface area contributed by atoms with E-state index in [1.807, 2.05) is 30.5 Å². The van der Waals surface area contributed by atoms with Gasteiger partial charge in [-0.05, 0) is 13.0 Å². The topological polar surface area (TPSA) is 85.1 Å². The summed E-state index contributed by atoms with van der Waals surface area (Å²) in [5, 5.41) is 16.5. The first-order valence-electron chi connectivity index (χ1n) is 8.03. The lowest BCUT2D eigenvalue weighted by molar-refractivity contribution is -0.385. The van der Waals surface area contributed by atoms with Crippen molar-refractivity contribution in [2.75, 3.05) is 0 Å². The molecule has 132 valence electrons. The molecule has 0 aliphatic carbocycles. The number of hydrogen-bond acceptors (Lipinski definition) is 5. The number of para-hydroxylation sites is 1. The minimum absolute atomic E-state index is 0.00296. The van der Waals surface area contributed by atoms with E-state index in [9.17, 15) is 14.9 Å². The van der Waals surface area contributed by atoms with Gasteiger partial charge in [0.05, 0.1) is 17.0 Å². The van der Waals surface area contributed by atoms with E-state index in [2.05, 4.69) is 16.4 Å². The number of rotatable bonds is 6. The van der Waals surface area contributed by atoms with E-state index in [0.717, 1.165) is 16.1 Å². The molecule has 3 rings (SSSR count). The van der Waals surface area contributed by atoms with Crippen molar-refractivity contribution in [1.82, 2.24) is 10.3 Å². The van der Waals surface area contributed by atoms with Gasteiger partial charge in [-0.1, -0.05) is 42.0 Å². The van der Waals surface area contributed by atoms with Crippen LogP contribution in [0.25, 0.3) is 10.6 Å². The molecule has 1 N–H and O–H groups in total. The predicted octanol–water partition coefficient (Wildman–Crippen LogP) is 3.89. The molecule has 26 heavy (non-hydrogen) atoms. The Hall–Kier alpha value is -3.06. The van der Waals surface area contributed by atoms with Crippen LogP contribution in [0, 0.1) is 17.0 Å². The lowest BCUT2D eigenvalue weighted by Crippen LogP contribution is -2.25. The van der Waals surface area contributed by atoms with Gasteiger partial charge in [0.1, 0.15) is 5.01 Å². The molecule has 0 atom stereocenters. The van der Waals surface area contributed by atoms with Crippen molar-refractivity contribution < 1.29 is 9.72 Å². The third kappa shape index (κ3) is 4.31. The van der Waals surface area contributed by atoms with Gasteiger partial charge in [0.25, 0.3) is 5.69 Å². The number of aryl methyl sites for hydroxylation is 1. The van der Waals surface area contributed by atoms with E-state index in [1.165, 1.54) is 17.4 Å². The molecule has 7 heteroatoms. The lowest BCUT2D eigenvalue weighted by atomic mass is 10.1. The van der Waals surface area contributed by atoms with Crippen LogP contribution in [0.3, 0.4) is 0 Å². The van der Waals surface area contributed by atoms with Gasteiger partial charge in [0, 0.05) is 29.1 Å². The number of nitro groups is 1. The van der Waals surface area contributed by atoms with Crippen molar-refractivity contribution in [3.05, 3.63) is 80.8 Å². The first-order valence-corrected chi connectivity index (χ1v) is 8.91. The summed E-state index contributed by atoms with van der Waals surface area (Å²) in [4.78, 5) is 27.2. The van der Waals surface area contributed by atoms with Crippen LogP contribution >= 0.6 is 11.3 Å². The minimum atomic E-state index is -0.448. The Kier molecular flexibility index (Phi) is 5.38. The Balaban J connectivity index is 1.62. The molecule has 0 unspecified atom stereocenters. The number of amides is 1. The van der Waals surface area contributed by atoms with Gasteiger partial charge in [-0.2, -0.15) is 0 Å². The van der Waals surface area contributed by atoms with E-state index < -0.39 is 4.92 Å². The normalized spacial score (nSPS) is 10.5. The minimum Gasteiger partial charge on any atom is -0.351 e. The van der Waals surface area contributed by atoms with Crippen molar-refractivity contribution in [3.8, 4) is 10.6 Å². The summed E-state index contributed by atoms with van der Waals surface area (Å²) in [5.41, 5.74) is 3.35. The average molecular weight is 367 g/mol. The summed E-state index contributed by atoms with van der Waals surface area (Å²) in [7, 11) is 0. The van der Waals surface area contributed by atoms with Crippen LogP contribution in [-0.4, -0.2) is 15.8 Å². The number of benzene rings is 2. The van der Waals surface area contributed by atoms with Crippen molar-refractivity contribution in [2.24, 2.45) is 0 Å². The number of carbonyl (C=O) groups excluding carboxylic acids is 1. The molecule has 0 bridgehead atoms. The van der Waals surface area contributed by atoms with E-state index in [1.54, 1.807) is 18.2 Å². The maximum Gasteiger partial charge on any atom is 0.274 e. The van der Waals surface area contributed by atoms with Crippen LogP contribution in [0.4, 0.5) is 5.69 Å². The highest BCUT2D eigenvalue weighted by Crippen LogP contribution is 2.24. The first kappa shape index (κ1) is 17.8. The van der Waals surface area contributed by atoms with Crippen LogP contribution in [-0.2, 0) is 17.8 Å². The van der Waals surface area contributed by atoms with Crippen molar-refractivity contribution >= 4 is 22.9 Å². The van der Waals surface area contributed by atoms with Crippen molar-refractivity contribution in [1.29, 1.82) is 0 Å². The molecule has 0 spiro atoms. The molecular formula is C19H17N3O3S. The fraction of sp³-hybridized carbons (Fsp3) is 0.158. The molecule has 0 aliphatic rings. The monoisotopic (exact) mass is 367 g/mol. The standard InChI is InChI=1S/C19H17N3O3S/c1-13-5-4-7-14(9-13)19-21-16(12-26-19)10-18(23)20-11-15-6-2-3-8-17(15)22(24)25/h2-9,12H,10-11H2,1H3,(H,20,23). The number of nitrogens with zero attached hydrogens (tertiary/aromatic N) is 2. The zero-order valence-electron chi connectivity index (χ0n) is 14.1. The SMILES string of the molecule is Cc1cccc(-c2nc(CC(=O)NCc3ccccc3[N+](=O)[O-])cs2)c1. The van der Waals surface area contributed by atoms with Gasteiger partial charge in [0.2, 0.25) is 5.91 Å². The second-order valence-corrected chi connectivity index (χ2v) is 6.71. The van der Waals surface area contributed by atoms with E-state index in [4.69, 9.17) is 0 Å². The molecular weight excluding hydrogens is 350 g/mol. The van der Waals surface area contributed by atoms with Crippen molar-refractivity contribution in [2.45, 2.75) is 19.9 Å². The van der Waals surface area contributed by atoms with Gasteiger partial charge in [-0.25, -0.2) is 4.98 Å². The number of nitro benzene ring substituents is 1. The molecule has 2 aromatic carbocycles. The van der Waals surface area contributed by atoms with Gasteiger partial charge >= 0.3 is 0 Å². The number of nitrogens with one attached hydrogen (secondary N) is 1. The Labute approximate surface area is 154 Å². The summed E-state index contributed by atoms with van der Waals surface area (Å²) in [6.07, 6.45) is 0.142. The molecule has 0 radical (unpaired) electrons. The van der Waals surface area contributed by atoms with E-state index in [0.29, 0.717) is 11.3 Å². The number of hydrogen-bond donors (Lipinski definition) is 1. The van der Waals surface area contributed by atoms with Crippen LogP contribution in [0.1, 0.15) is 16.8 Å². The number of aromatic nitrogens is 1. The van der Waals surface area contributed by atoms with Crippen LogP contribution in [0.15, 0.2) is 53.9 Å². The number of carbonyl (C=O) groups is 1. The fourth-order valence-corrected chi connectivity index (χ4v) is 3.37. The lowest BCUT2D eigenvalue weighted by Gasteiger charge is -2.05. The van der Waals surface area contributed by atoms with Crippen LogP contribution in [0.5, 0.6) is 0 Å². The quantitative estimate of drug-likeness (QED) is 0.529. The summed E-state index contributed by atoms with van der Waals surface area (Å²) in [5.74, 6) is -0.218. The predicted molar refractivity (Wildman–Crippen MR) is 101 cm³/mol. The number of thiazole rings is 1. The Morgan fingerprint density at radius 1 is 1.23 bits per heavy atom. The Bertz CT molecular complexity index is 952. The maximum absolute atomic E-state index is 12.2. The smallest absolute Gasteiger partial charge is 0.274 e. The van der Waals surface area contributed by atoms with Gasteiger partial charge in [-0.3, -0.25) is 14.9 Å². The molecule has 0 fully saturated rings. The van der Waals surface area contributed by atoms with E-state index in [-0.39, 0.29) is 24.6 Å². The molecule has 1 heterocycles. The zero-order chi connectivity index (χ0) is 18.5. The molecule has 1 aromatic heterocycles. The molecule has 6 nitrogen and oxygen atoms in total.